The first-order valence-corrected chi connectivity index (χ1v) is 5.84. The van der Waals surface area contributed by atoms with Crippen molar-refractivity contribution >= 4 is 31.6 Å². The number of halogens is 3. The maximum Gasteiger partial charge on any atom is 0.268 e. The van der Waals surface area contributed by atoms with Gasteiger partial charge in [0.1, 0.15) is 4.60 Å². The molecule has 0 saturated carbocycles. The molecule has 1 aromatic heterocycles. The summed E-state index contributed by atoms with van der Waals surface area (Å²) in [6.07, 6.45) is -2.85. The van der Waals surface area contributed by atoms with Gasteiger partial charge in [-0.15, -0.1) is 0 Å². The average Bonchev–Trinajstić information content (AvgIpc) is 1.99. The van der Waals surface area contributed by atoms with Crippen LogP contribution in [0.4, 0.5) is 14.5 Å². The van der Waals surface area contributed by atoms with Crippen LogP contribution in [0.5, 0.6) is 0 Å². The van der Waals surface area contributed by atoms with E-state index in [2.05, 4.69) is 20.9 Å². The zero-order valence-corrected chi connectivity index (χ0v) is 9.52. The zero-order valence-electron chi connectivity index (χ0n) is 7.12. The van der Waals surface area contributed by atoms with Crippen LogP contribution in [0.15, 0.2) is 15.7 Å². The van der Waals surface area contributed by atoms with E-state index in [9.17, 15) is 17.2 Å². The van der Waals surface area contributed by atoms with Crippen molar-refractivity contribution in [2.45, 2.75) is 11.5 Å². The van der Waals surface area contributed by atoms with Gasteiger partial charge in [-0.1, -0.05) is 0 Å². The average molecular weight is 302 g/mol. The van der Waals surface area contributed by atoms with Crippen LogP contribution in [0.25, 0.3) is 0 Å². The van der Waals surface area contributed by atoms with Crippen molar-refractivity contribution in [2.24, 2.45) is 5.14 Å². The molecule has 0 fully saturated rings. The molecule has 9 heteroatoms. The highest BCUT2D eigenvalue weighted by atomic mass is 79.9. The molecule has 84 valence electrons. The Morgan fingerprint density at radius 1 is 1.47 bits per heavy atom. The SMILES string of the molecule is Nc1cc(S(N)(=O)=O)nc(Br)c1C(F)F. The summed E-state index contributed by atoms with van der Waals surface area (Å²) in [6, 6.07) is 0.793. The number of nitrogen functional groups attached to an aromatic ring is 1. The van der Waals surface area contributed by atoms with E-state index in [1.807, 2.05) is 0 Å². The van der Waals surface area contributed by atoms with E-state index in [-0.39, 0.29) is 10.3 Å². The maximum atomic E-state index is 12.4. The lowest BCUT2D eigenvalue weighted by atomic mass is 10.2. The summed E-state index contributed by atoms with van der Waals surface area (Å²) < 4.78 is 46.2. The van der Waals surface area contributed by atoms with Crippen LogP contribution in [0.3, 0.4) is 0 Å². The van der Waals surface area contributed by atoms with E-state index >= 15 is 0 Å². The maximum absolute atomic E-state index is 12.4. The number of primary sulfonamides is 1. The molecule has 0 aliphatic heterocycles. The molecule has 0 unspecified atom stereocenters. The molecule has 5 nitrogen and oxygen atoms in total. The molecule has 0 spiro atoms. The number of pyridine rings is 1. The molecule has 15 heavy (non-hydrogen) atoms. The van der Waals surface area contributed by atoms with Gasteiger partial charge in [0, 0.05) is 11.8 Å². The Labute approximate surface area is 92.7 Å². The second-order valence-electron chi connectivity index (χ2n) is 2.60. The molecule has 4 N–H and O–H groups in total. The molecular formula is C6H6BrF2N3O2S. The number of nitrogens with zero attached hydrogens (tertiary/aromatic N) is 1. The highest BCUT2D eigenvalue weighted by molar-refractivity contribution is 9.10. The minimum atomic E-state index is -4.06. The van der Waals surface area contributed by atoms with Gasteiger partial charge < -0.3 is 5.73 Å². The van der Waals surface area contributed by atoms with E-state index in [0.29, 0.717) is 0 Å². The zero-order chi connectivity index (χ0) is 11.8. The molecule has 0 saturated heterocycles. The number of aromatic nitrogens is 1. The smallest absolute Gasteiger partial charge is 0.268 e. The minimum absolute atomic E-state index is 0.332. The van der Waals surface area contributed by atoms with Crippen LogP contribution in [-0.2, 0) is 10.0 Å². The second kappa shape index (κ2) is 3.99. The third-order valence-corrected chi connectivity index (χ3v) is 2.93. The fraction of sp³-hybridized carbons (Fsp3) is 0.167. The van der Waals surface area contributed by atoms with Crippen LogP contribution >= 0.6 is 15.9 Å². The van der Waals surface area contributed by atoms with Crippen molar-refractivity contribution in [3.8, 4) is 0 Å². The van der Waals surface area contributed by atoms with Crippen LogP contribution in [-0.4, -0.2) is 13.4 Å². The summed E-state index contributed by atoms with van der Waals surface area (Å²) in [5.74, 6) is 0. The number of hydrogen-bond acceptors (Lipinski definition) is 4. The van der Waals surface area contributed by atoms with Gasteiger partial charge >= 0.3 is 0 Å². The standard InChI is InChI=1S/C6H6BrF2N3O2S/c7-5-4(6(8)9)2(10)1-3(12-5)15(11,13)14/h1,6H,(H2,10,12)(H2,11,13,14). The van der Waals surface area contributed by atoms with Crippen LogP contribution in [0, 0.1) is 0 Å². The molecular weight excluding hydrogens is 296 g/mol. The number of sulfonamides is 1. The Morgan fingerprint density at radius 3 is 2.33 bits per heavy atom. The number of alkyl halides is 2. The summed E-state index contributed by atoms with van der Waals surface area (Å²) >= 11 is 2.70. The first-order valence-electron chi connectivity index (χ1n) is 3.50. The summed E-state index contributed by atoms with van der Waals surface area (Å²) in [6.45, 7) is 0. The van der Waals surface area contributed by atoms with Crippen molar-refractivity contribution in [1.82, 2.24) is 4.98 Å². The van der Waals surface area contributed by atoms with Crippen molar-refractivity contribution in [1.29, 1.82) is 0 Å². The normalized spacial score (nSPS) is 12.1. The van der Waals surface area contributed by atoms with E-state index in [4.69, 9.17) is 10.9 Å². The molecule has 0 aliphatic rings. The van der Waals surface area contributed by atoms with Gasteiger partial charge in [-0.25, -0.2) is 27.3 Å². The number of nitrogens with two attached hydrogens (primary N) is 2. The fourth-order valence-electron chi connectivity index (χ4n) is 0.881. The van der Waals surface area contributed by atoms with Gasteiger partial charge in [-0.05, 0) is 15.9 Å². The lowest BCUT2D eigenvalue weighted by Gasteiger charge is -2.08. The Morgan fingerprint density at radius 2 is 2.00 bits per heavy atom. The minimum Gasteiger partial charge on any atom is -0.398 e. The molecule has 0 radical (unpaired) electrons. The van der Waals surface area contributed by atoms with Gasteiger partial charge in [-0.3, -0.25) is 0 Å². The fourth-order valence-corrected chi connectivity index (χ4v) is 2.10. The highest BCUT2D eigenvalue weighted by Crippen LogP contribution is 2.32. The summed E-state index contributed by atoms with van der Waals surface area (Å²) in [4.78, 5) is 3.37. The number of anilines is 1. The molecule has 0 aliphatic carbocycles. The number of rotatable bonds is 2. The van der Waals surface area contributed by atoms with Gasteiger partial charge in [0.15, 0.2) is 5.03 Å². The predicted molar refractivity (Wildman–Crippen MR) is 52.7 cm³/mol. The predicted octanol–water partition coefficient (Wildman–Crippen LogP) is 1.01. The molecule has 0 atom stereocenters. The lowest BCUT2D eigenvalue weighted by molar-refractivity contribution is 0.150. The Hall–Kier alpha value is -0.800. The quantitative estimate of drug-likeness (QED) is 0.796. The van der Waals surface area contributed by atoms with E-state index in [1.54, 1.807) is 0 Å². The third kappa shape index (κ3) is 2.61. The monoisotopic (exact) mass is 301 g/mol. The van der Waals surface area contributed by atoms with Gasteiger partial charge in [0.2, 0.25) is 0 Å². The largest absolute Gasteiger partial charge is 0.398 e. The molecule has 0 bridgehead atoms. The first-order chi connectivity index (χ1) is 6.73. The molecule has 1 heterocycles. The van der Waals surface area contributed by atoms with Crippen molar-refractivity contribution in [3.63, 3.8) is 0 Å². The van der Waals surface area contributed by atoms with Gasteiger partial charge in [0.05, 0.1) is 5.56 Å². The van der Waals surface area contributed by atoms with Crippen molar-refractivity contribution < 1.29 is 17.2 Å². The summed E-state index contributed by atoms with van der Waals surface area (Å²) in [5, 5.41) is 4.21. The Balaban J connectivity index is 3.45. The first kappa shape index (κ1) is 12.3. The van der Waals surface area contributed by atoms with Gasteiger partial charge in [-0.2, -0.15) is 0 Å². The summed E-state index contributed by atoms with van der Waals surface area (Å²) in [7, 11) is -4.06. The summed E-state index contributed by atoms with van der Waals surface area (Å²) in [5.41, 5.74) is 4.32. The van der Waals surface area contributed by atoms with E-state index in [0.717, 1.165) is 6.07 Å². The van der Waals surface area contributed by atoms with Crippen molar-refractivity contribution in [2.75, 3.05) is 5.73 Å². The van der Waals surface area contributed by atoms with Crippen molar-refractivity contribution in [3.05, 3.63) is 16.2 Å². The Bertz CT molecular complexity index is 468. The molecule has 1 aromatic rings. The van der Waals surface area contributed by atoms with E-state index < -0.39 is 27.0 Å². The molecule has 1 rings (SSSR count). The third-order valence-electron chi connectivity index (χ3n) is 1.53. The van der Waals surface area contributed by atoms with Crippen LogP contribution < -0.4 is 10.9 Å². The molecule has 0 aromatic carbocycles. The van der Waals surface area contributed by atoms with Gasteiger partial charge in [0.25, 0.3) is 16.4 Å². The second-order valence-corrected chi connectivity index (χ2v) is 4.86. The highest BCUT2D eigenvalue weighted by Gasteiger charge is 2.21. The molecule has 0 amide bonds. The van der Waals surface area contributed by atoms with E-state index in [1.165, 1.54) is 0 Å². The Kier molecular flexibility index (Phi) is 3.26. The van der Waals surface area contributed by atoms with Crippen LogP contribution in [0.1, 0.15) is 12.0 Å². The topological polar surface area (TPSA) is 99.1 Å². The van der Waals surface area contributed by atoms with Crippen LogP contribution in [0.2, 0.25) is 0 Å². The lowest BCUT2D eigenvalue weighted by Crippen LogP contribution is -2.15. The number of hydrogen-bond donors (Lipinski definition) is 2.